The lowest BCUT2D eigenvalue weighted by Crippen LogP contribution is -1.88. The smallest absolute Gasteiger partial charge is 0.216 e. The van der Waals surface area contributed by atoms with Crippen molar-refractivity contribution in [2.75, 3.05) is 7.11 Å². The van der Waals surface area contributed by atoms with E-state index in [9.17, 15) is 0 Å². The summed E-state index contributed by atoms with van der Waals surface area (Å²) in [5, 5.41) is 0. The van der Waals surface area contributed by atoms with Crippen LogP contribution < -0.4 is 4.74 Å². The average Bonchev–Trinajstić information content (AvgIpc) is 1.88. The van der Waals surface area contributed by atoms with E-state index in [-0.39, 0.29) is 0 Å². The Morgan fingerprint density at radius 1 is 1.44 bits per heavy atom. The molecule has 1 heterocycles. The van der Waals surface area contributed by atoms with Crippen molar-refractivity contribution in [1.82, 2.24) is 9.97 Å². The maximum Gasteiger partial charge on any atom is 0.216 e. The monoisotopic (exact) mass is 124 g/mol. The van der Waals surface area contributed by atoms with Gasteiger partial charge >= 0.3 is 0 Å². The Balaban J connectivity index is 2.94. The molecule has 0 N–H and O–H groups in total. The number of hydrogen-bond donors (Lipinski definition) is 0. The van der Waals surface area contributed by atoms with Crippen molar-refractivity contribution < 1.29 is 4.74 Å². The van der Waals surface area contributed by atoms with Gasteiger partial charge in [-0.1, -0.05) is 0 Å². The molecule has 1 aromatic heterocycles. The van der Waals surface area contributed by atoms with Crippen LogP contribution in [0, 0.1) is 6.92 Å². The summed E-state index contributed by atoms with van der Waals surface area (Å²) in [4.78, 5) is 7.72. The van der Waals surface area contributed by atoms with E-state index in [4.69, 9.17) is 4.74 Å². The van der Waals surface area contributed by atoms with Gasteiger partial charge in [-0.3, -0.25) is 0 Å². The molecule has 0 atom stereocenters. The van der Waals surface area contributed by atoms with E-state index in [1.165, 1.54) is 6.33 Å². The van der Waals surface area contributed by atoms with E-state index in [0.29, 0.717) is 5.88 Å². The number of ether oxygens (including phenoxy) is 1. The van der Waals surface area contributed by atoms with Gasteiger partial charge in [-0.15, -0.1) is 0 Å². The van der Waals surface area contributed by atoms with Crippen molar-refractivity contribution in [3.63, 3.8) is 0 Å². The minimum Gasteiger partial charge on any atom is -0.481 e. The molecule has 0 bridgehead atoms. The third-order valence-corrected chi connectivity index (χ3v) is 0.988. The fraction of sp³-hybridized carbons (Fsp3) is 0.333. The normalized spacial score (nSPS) is 9.11. The van der Waals surface area contributed by atoms with Gasteiger partial charge in [0.25, 0.3) is 0 Å². The van der Waals surface area contributed by atoms with Gasteiger partial charge in [-0.25, -0.2) is 9.97 Å². The molecule has 3 heteroatoms. The highest BCUT2D eigenvalue weighted by atomic mass is 16.5. The molecule has 48 valence electrons. The minimum atomic E-state index is 0.613. The molecule has 1 rings (SSSR count). The molecule has 0 fully saturated rings. The first-order valence-electron chi connectivity index (χ1n) is 2.65. The predicted octanol–water partition coefficient (Wildman–Crippen LogP) is 0.794. The van der Waals surface area contributed by atoms with Gasteiger partial charge in [0.05, 0.1) is 7.11 Å². The van der Waals surface area contributed by atoms with Crippen molar-refractivity contribution in [3.05, 3.63) is 18.1 Å². The van der Waals surface area contributed by atoms with Crippen LogP contribution in [-0.4, -0.2) is 17.1 Å². The lowest BCUT2D eigenvalue weighted by molar-refractivity contribution is 0.396. The molecule has 0 saturated carbocycles. The fourth-order valence-corrected chi connectivity index (χ4v) is 0.542. The SMILES string of the molecule is COc1cc(C)ncn1. The standard InChI is InChI=1S/C6H8N2O/c1-5-3-6(9-2)8-4-7-5/h3-4H,1-2H3. The summed E-state index contributed by atoms with van der Waals surface area (Å²) in [6.45, 7) is 1.89. The Morgan fingerprint density at radius 3 is 2.67 bits per heavy atom. The second-order valence-corrected chi connectivity index (χ2v) is 1.70. The molecule has 0 spiro atoms. The zero-order valence-corrected chi connectivity index (χ0v) is 5.46. The summed E-state index contributed by atoms with van der Waals surface area (Å²) in [5.41, 5.74) is 0.918. The van der Waals surface area contributed by atoms with Gasteiger partial charge in [0.15, 0.2) is 0 Å². The largest absolute Gasteiger partial charge is 0.481 e. The van der Waals surface area contributed by atoms with Crippen LogP contribution in [0.2, 0.25) is 0 Å². The second-order valence-electron chi connectivity index (χ2n) is 1.70. The van der Waals surface area contributed by atoms with E-state index in [1.54, 1.807) is 13.2 Å². The van der Waals surface area contributed by atoms with E-state index in [1.807, 2.05) is 6.92 Å². The number of aromatic nitrogens is 2. The van der Waals surface area contributed by atoms with Crippen molar-refractivity contribution in [2.24, 2.45) is 0 Å². The van der Waals surface area contributed by atoms with E-state index in [2.05, 4.69) is 9.97 Å². The van der Waals surface area contributed by atoms with Crippen LogP contribution in [0.1, 0.15) is 5.69 Å². The van der Waals surface area contributed by atoms with Crippen LogP contribution in [0.5, 0.6) is 5.88 Å². The summed E-state index contributed by atoms with van der Waals surface area (Å²) >= 11 is 0. The summed E-state index contributed by atoms with van der Waals surface area (Å²) in [7, 11) is 1.59. The van der Waals surface area contributed by atoms with Gasteiger partial charge < -0.3 is 4.74 Å². The Kier molecular flexibility index (Phi) is 1.63. The fourth-order valence-electron chi connectivity index (χ4n) is 0.542. The number of hydrogen-bond acceptors (Lipinski definition) is 3. The molecular formula is C6H8N2O. The maximum atomic E-state index is 4.84. The topological polar surface area (TPSA) is 35.0 Å². The lowest BCUT2D eigenvalue weighted by Gasteiger charge is -1.95. The highest BCUT2D eigenvalue weighted by Gasteiger charge is 1.89. The molecule has 0 radical (unpaired) electrons. The van der Waals surface area contributed by atoms with E-state index >= 15 is 0 Å². The highest BCUT2D eigenvalue weighted by molar-refractivity contribution is 5.11. The molecule has 0 aliphatic heterocycles. The second kappa shape index (κ2) is 2.44. The van der Waals surface area contributed by atoms with Gasteiger partial charge in [-0.05, 0) is 6.92 Å². The zero-order chi connectivity index (χ0) is 6.69. The van der Waals surface area contributed by atoms with Crippen molar-refractivity contribution in [1.29, 1.82) is 0 Å². The Hall–Kier alpha value is -1.12. The summed E-state index contributed by atoms with van der Waals surface area (Å²) < 4.78 is 4.84. The molecule has 3 nitrogen and oxygen atoms in total. The van der Waals surface area contributed by atoms with Crippen molar-refractivity contribution >= 4 is 0 Å². The zero-order valence-electron chi connectivity index (χ0n) is 5.46. The summed E-state index contributed by atoms with van der Waals surface area (Å²) in [6.07, 6.45) is 1.48. The molecule has 0 aliphatic carbocycles. The number of methoxy groups -OCH3 is 1. The molecule has 0 aromatic carbocycles. The molecule has 0 amide bonds. The predicted molar refractivity (Wildman–Crippen MR) is 33.3 cm³/mol. The van der Waals surface area contributed by atoms with Gasteiger partial charge in [0, 0.05) is 11.8 Å². The maximum absolute atomic E-state index is 4.84. The first-order chi connectivity index (χ1) is 4.33. The van der Waals surface area contributed by atoms with Crippen LogP contribution in [0.3, 0.4) is 0 Å². The summed E-state index contributed by atoms with van der Waals surface area (Å²) in [5.74, 6) is 0.613. The van der Waals surface area contributed by atoms with Gasteiger partial charge in [0.1, 0.15) is 6.33 Å². The Morgan fingerprint density at radius 2 is 2.22 bits per heavy atom. The van der Waals surface area contributed by atoms with Crippen LogP contribution in [0.25, 0.3) is 0 Å². The van der Waals surface area contributed by atoms with Crippen LogP contribution in [-0.2, 0) is 0 Å². The molecule has 9 heavy (non-hydrogen) atoms. The third-order valence-electron chi connectivity index (χ3n) is 0.988. The number of aryl methyl sites for hydroxylation is 1. The molecule has 0 saturated heterocycles. The summed E-state index contributed by atoms with van der Waals surface area (Å²) in [6, 6.07) is 1.78. The van der Waals surface area contributed by atoms with Crippen LogP contribution in [0.15, 0.2) is 12.4 Å². The Labute approximate surface area is 53.7 Å². The van der Waals surface area contributed by atoms with E-state index in [0.717, 1.165) is 5.69 Å². The molecule has 0 aliphatic rings. The first kappa shape index (κ1) is 6.01. The number of rotatable bonds is 1. The third kappa shape index (κ3) is 1.38. The minimum absolute atomic E-state index is 0.613. The van der Waals surface area contributed by atoms with Crippen LogP contribution in [0.4, 0.5) is 0 Å². The van der Waals surface area contributed by atoms with Gasteiger partial charge in [0.2, 0.25) is 5.88 Å². The Bertz CT molecular complexity index is 200. The number of nitrogens with zero attached hydrogens (tertiary/aromatic N) is 2. The van der Waals surface area contributed by atoms with Crippen molar-refractivity contribution in [2.45, 2.75) is 6.92 Å². The van der Waals surface area contributed by atoms with Gasteiger partial charge in [-0.2, -0.15) is 0 Å². The molecular weight excluding hydrogens is 116 g/mol. The molecule has 0 unspecified atom stereocenters. The van der Waals surface area contributed by atoms with Crippen molar-refractivity contribution in [3.8, 4) is 5.88 Å². The van der Waals surface area contributed by atoms with E-state index < -0.39 is 0 Å². The van der Waals surface area contributed by atoms with Crippen LogP contribution >= 0.6 is 0 Å². The average molecular weight is 124 g/mol. The lowest BCUT2D eigenvalue weighted by atomic mass is 10.4. The molecule has 1 aromatic rings. The quantitative estimate of drug-likeness (QED) is 0.555. The highest BCUT2D eigenvalue weighted by Crippen LogP contribution is 2.02. The first-order valence-corrected chi connectivity index (χ1v) is 2.65.